The van der Waals surface area contributed by atoms with Crippen molar-refractivity contribution in [2.24, 2.45) is 17.8 Å². The maximum Gasteiger partial charge on any atom is 0.423 e. The highest BCUT2D eigenvalue weighted by molar-refractivity contribution is 6.24. The summed E-state index contributed by atoms with van der Waals surface area (Å²) in [6, 6.07) is 3.13. The second kappa shape index (κ2) is 8.72. The lowest BCUT2D eigenvalue weighted by molar-refractivity contribution is -0.137. The van der Waals surface area contributed by atoms with Crippen LogP contribution in [0.1, 0.15) is 31.2 Å². The van der Waals surface area contributed by atoms with Gasteiger partial charge in [0.1, 0.15) is 0 Å². The number of rotatable bonds is 3. The molecule has 3 amide bonds. The highest BCUT2D eigenvalue weighted by Gasteiger charge is 2.58. The molecule has 0 bridgehead atoms. The van der Waals surface area contributed by atoms with Crippen LogP contribution in [-0.4, -0.2) is 60.8 Å². The topological polar surface area (TPSA) is 137 Å². The molecule has 0 radical (unpaired) electrons. The van der Waals surface area contributed by atoms with Crippen molar-refractivity contribution in [2.75, 3.05) is 21.3 Å². The molecule has 10 heteroatoms. The molecule has 1 saturated heterocycles. The molecular formula is C27H25NO9. The van der Waals surface area contributed by atoms with Gasteiger partial charge in [-0.05, 0) is 49.5 Å². The van der Waals surface area contributed by atoms with E-state index in [1.807, 2.05) is 6.08 Å². The lowest BCUT2D eigenvalue weighted by Crippen LogP contribution is -2.40. The van der Waals surface area contributed by atoms with Crippen molar-refractivity contribution in [3.8, 4) is 17.2 Å². The lowest BCUT2D eigenvalue weighted by Gasteiger charge is -2.42. The minimum atomic E-state index is -1.05. The zero-order valence-corrected chi connectivity index (χ0v) is 20.7. The Morgan fingerprint density at radius 2 is 1.65 bits per heavy atom. The van der Waals surface area contributed by atoms with Crippen LogP contribution in [0, 0.1) is 17.8 Å². The Morgan fingerprint density at radius 3 is 2.24 bits per heavy atom. The van der Waals surface area contributed by atoms with Gasteiger partial charge in [-0.15, -0.1) is 0 Å². The van der Waals surface area contributed by atoms with Gasteiger partial charge < -0.3 is 19.3 Å². The molecule has 0 spiro atoms. The number of hydrogen-bond acceptors (Lipinski definition) is 9. The fraction of sp³-hybridized carbons (Fsp3) is 0.370. The maximum absolute atomic E-state index is 13.5. The molecule has 1 heterocycles. The van der Waals surface area contributed by atoms with E-state index in [9.17, 15) is 29.1 Å². The van der Waals surface area contributed by atoms with Crippen LogP contribution in [0.15, 0.2) is 46.6 Å². The molecule has 4 aliphatic rings. The molecule has 192 valence electrons. The van der Waals surface area contributed by atoms with E-state index in [4.69, 9.17) is 9.47 Å². The average Bonchev–Trinajstić information content (AvgIpc) is 3.15. The monoisotopic (exact) mass is 507 g/mol. The predicted octanol–water partition coefficient (Wildman–Crippen LogP) is 2.61. The fourth-order valence-electron chi connectivity index (χ4n) is 6.09. The van der Waals surface area contributed by atoms with Crippen molar-refractivity contribution in [1.82, 2.24) is 4.90 Å². The zero-order chi connectivity index (χ0) is 26.8. The molecule has 0 aromatic heterocycles. The molecule has 1 aliphatic heterocycles. The van der Waals surface area contributed by atoms with Crippen LogP contribution in [0.25, 0.3) is 0 Å². The number of phenols is 1. The molecule has 4 atom stereocenters. The largest absolute Gasteiger partial charge is 0.502 e. The molecule has 1 fully saturated rings. The van der Waals surface area contributed by atoms with E-state index >= 15 is 0 Å². The van der Waals surface area contributed by atoms with Gasteiger partial charge in [0.05, 0.1) is 33.2 Å². The third kappa shape index (κ3) is 3.42. The summed E-state index contributed by atoms with van der Waals surface area (Å²) < 4.78 is 15.3. The van der Waals surface area contributed by atoms with E-state index in [0.717, 1.165) is 7.11 Å². The fourth-order valence-corrected chi connectivity index (χ4v) is 6.09. The Kier molecular flexibility index (Phi) is 5.77. The van der Waals surface area contributed by atoms with Crippen molar-refractivity contribution in [2.45, 2.75) is 25.7 Å². The molecule has 1 N–H and O–H groups in total. The molecule has 10 nitrogen and oxygen atoms in total. The maximum atomic E-state index is 13.5. The standard InChI is InChI=1S/C27H25NO9/c1-11-7-17(29)16-10-15-13(5-6-14-21(15)26(33)28(25(14)32)27(34)37-4)20(22(16)23(11)30)12-8-18(35-2)24(31)19(9-12)36-3/h5,7-9,14-15,20-21,31H,6,10H2,1-4H3. The smallest absolute Gasteiger partial charge is 0.423 e. The van der Waals surface area contributed by atoms with Crippen LogP contribution < -0.4 is 9.47 Å². The summed E-state index contributed by atoms with van der Waals surface area (Å²) in [6.45, 7) is 1.57. The normalized spacial score (nSPS) is 26.8. The average molecular weight is 507 g/mol. The Labute approximate surface area is 212 Å². The quantitative estimate of drug-likeness (QED) is 0.372. The second-order valence-electron chi connectivity index (χ2n) is 9.48. The molecule has 37 heavy (non-hydrogen) atoms. The first-order valence-electron chi connectivity index (χ1n) is 11.7. The summed E-state index contributed by atoms with van der Waals surface area (Å²) in [6.07, 6.45) is 2.32. The minimum Gasteiger partial charge on any atom is -0.502 e. The molecule has 1 aromatic carbocycles. The van der Waals surface area contributed by atoms with Gasteiger partial charge in [0, 0.05) is 22.6 Å². The number of aromatic hydroxyl groups is 1. The van der Waals surface area contributed by atoms with Gasteiger partial charge >= 0.3 is 6.09 Å². The van der Waals surface area contributed by atoms with Gasteiger partial charge in [0.2, 0.25) is 17.6 Å². The van der Waals surface area contributed by atoms with E-state index in [1.54, 1.807) is 19.1 Å². The highest BCUT2D eigenvalue weighted by atomic mass is 16.5. The summed E-state index contributed by atoms with van der Waals surface area (Å²) in [5.74, 6) is -4.98. The Hall–Kier alpha value is -4.21. The Bertz CT molecular complexity index is 1360. The van der Waals surface area contributed by atoms with E-state index < -0.39 is 41.6 Å². The van der Waals surface area contributed by atoms with Crippen LogP contribution >= 0.6 is 0 Å². The third-order valence-electron chi connectivity index (χ3n) is 7.76. The number of hydrogen-bond donors (Lipinski definition) is 1. The van der Waals surface area contributed by atoms with Crippen molar-refractivity contribution in [1.29, 1.82) is 0 Å². The van der Waals surface area contributed by atoms with Crippen molar-refractivity contribution in [3.63, 3.8) is 0 Å². The number of phenolic OH excluding ortho intramolecular Hbond substituents is 1. The summed E-state index contributed by atoms with van der Waals surface area (Å²) >= 11 is 0. The summed E-state index contributed by atoms with van der Waals surface area (Å²) in [7, 11) is 3.85. The predicted molar refractivity (Wildman–Crippen MR) is 127 cm³/mol. The number of amides is 3. The highest BCUT2D eigenvalue weighted by Crippen LogP contribution is 2.56. The number of fused-ring (bicyclic) bond motifs is 3. The molecule has 4 unspecified atom stereocenters. The van der Waals surface area contributed by atoms with E-state index in [2.05, 4.69) is 4.74 Å². The number of allylic oxidation sites excluding steroid dienone is 6. The molecular weight excluding hydrogens is 482 g/mol. The summed E-state index contributed by atoms with van der Waals surface area (Å²) in [5, 5.41) is 10.5. The van der Waals surface area contributed by atoms with Crippen LogP contribution in [0.5, 0.6) is 17.2 Å². The van der Waals surface area contributed by atoms with Crippen LogP contribution in [-0.2, 0) is 23.9 Å². The molecule has 5 rings (SSSR count). The van der Waals surface area contributed by atoms with Gasteiger partial charge in [0.15, 0.2) is 23.1 Å². The van der Waals surface area contributed by atoms with Gasteiger partial charge in [-0.3, -0.25) is 19.2 Å². The molecule has 1 aromatic rings. The number of benzene rings is 1. The van der Waals surface area contributed by atoms with Gasteiger partial charge in [0.25, 0.3) is 0 Å². The number of Topliss-reactive ketones (excluding diaryl/α,β-unsaturated/α-hetero) is 1. The third-order valence-corrected chi connectivity index (χ3v) is 7.76. The number of carbonyl (C=O) groups excluding carboxylic acids is 5. The zero-order valence-electron chi connectivity index (χ0n) is 20.7. The first-order chi connectivity index (χ1) is 17.6. The first-order valence-corrected chi connectivity index (χ1v) is 11.7. The molecule has 3 aliphatic carbocycles. The Morgan fingerprint density at radius 1 is 1.00 bits per heavy atom. The molecule has 0 saturated carbocycles. The van der Waals surface area contributed by atoms with Crippen molar-refractivity contribution >= 4 is 29.5 Å². The van der Waals surface area contributed by atoms with Crippen LogP contribution in [0.2, 0.25) is 0 Å². The van der Waals surface area contributed by atoms with Crippen LogP contribution in [0.4, 0.5) is 4.79 Å². The van der Waals surface area contributed by atoms with Crippen LogP contribution in [0.3, 0.4) is 0 Å². The number of imide groups is 3. The SMILES string of the molecule is COC(=O)N1C(=O)C2CC=C3C(c4cc(OC)c(O)c(OC)c4)C4=C(CC3C2C1=O)C(=O)C=C(C)C4=O. The number of likely N-dealkylation sites (tertiary alicyclic amines) is 1. The number of nitrogens with zero attached hydrogens (tertiary/aromatic N) is 1. The van der Waals surface area contributed by atoms with Gasteiger partial charge in [-0.2, -0.15) is 4.90 Å². The van der Waals surface area contributed by atoms with Crippen molar-refractivity contribution < 1.29 is 43.3 Å². The van der Waals surface area contributed by atoms with E-state index in [-0.39, 0.29) is 47.2 Å². The lowest BCUT2D eigenvalue weighted by atomic mass is 9.59. The number of methoxy groups -OCH3 is 3. The van der Waals surface area contributed by atoms with Gasteiger partial charge in [-0.25, -0.2) is 4.79 Å². The summed E-state index contributed by atoms with van der Waals surface area (Å²) in [4.78, 5) is 65.8. The van der Waals surface area contributed by atoms with Gasteiger partial charge in [-0.1, -0.05) is 11.6 Å². The number of ketones is 2. The Balaban J connectivity index is 1.71. The first kappa shape index (κ1) is 24.5. The van der Waals surface area contributed by atoms with E-state index in [1.165, 1.54) is 20.3 Å². The number of ether oxygens (including phenoxy) is 3. The second-order valence-corrected chi connectivity index (χ2v) is 9.48. The summed E-state index contributed by atoms with van der Waals surface area (Å²) in [5.41, 5.74) is 2.07. The number of carbonyl (C=O) groups is 5. The minimum absolute atomic E-state index is 0.0770. The van der Waals surface area contributed by atoms with Crippen molar-refractivity contribution in [3.05, 3.63) is 52.1 Å². The van der Waals surface area contributed by atoms with E-state index in [0.29, 0.717) is 27.2 Å².